The van der Waals surface area contributed by atoms with Gasteiger partial charge in [0.15, 0.2) is 0 Å². The lowest BCUT2D eigenvalue weighted by atomic mass is 10.0. The van der Waals surface area contributed by atoms with E-state index in [0.717, 1.165) is 24.6 Å². The zero-order valence-corrected chi connectivity index (χ0v) is 14.7. The van der Waals surface area contributed by atoms with Gasteiger partial charge in [-0.1, -0.05) is 0 Å². The van der Waals surface area contributed by atoms with Crippen LogP contribution in [0, 0.1) is 6.92 Å². The second-order valence-corrected chi connectivity index (χ2v) is 6.93. The predicted octanol–water partition coefficient (Wildman–Crippen LogP) is 2.47. The van der Waals surface area contributed by atoms with Gasteiger partial charge in [-0.3, -0.25) is 14.4 Å². The molecule has 1 atom stereocenters. The summed E-state index contributed by atoms with van der Waals surface area (Å²) in [5.41, 5.74) is -0.724. The number of rotatable bonds is 6. The van der Waals surface area contributed by atoms with E-state index in [2.05, 4.69) is 15.3 Å². The van der Waals surface area contributed by atoms with Gasteiger partial charge in [0.1, 0.15) is 17.1 Å². The molecule has 0 spiro atoms. The van der Waals surface area contributed by atoms with Crippen molar-refractivity contribution in [3.8, 4) is 0 Å². The van der Waals surface area contributed by atoms with Crippen molar-refractivity contribution in [1.29, 1.82) is 0 Å². The maximum atomic E-state index is 12.7. The summed E-state index contributed by atoms with van der Waals surface area (Å²) in [6, 6.07) is 5.91. The third kappa shape index (κ3) is 3.38. The molecule has 0 saturated carbocycles. The van der Waals surface area contributed by atoms with E-state index in [0.29, 0.717) is 6.54 Å². The lowest BCUT2D eigenvalue weighted by Gasteiger charge is -2.29. The van der Waals surface area contributed by atoms with Crippen molar-refractivity contribution >= 4 is 5.91 Å². The smallest absolute Gasteiger partial charge is 0.247 e. The molecular formula is C18H26N4O2. The van der Waals surface area contributed by atoms with Crippen molar-refractivity contribution in [2.24, 2.45) is 0 Å². The fraction of sp³-hybridized carbons (Fsp3) is 0.556. The van der Waals surface area contributed by atoms with Crippen LogP contribution in [0.5, 0.6) is 0 Å². The number of hydrogen-bond acceptors (Lipinski definition) is 4. The number of nitrogens with one attached hydrogen (secondary N) is 1. The predicted molar refractivity (Wildman–Crippen MR) is 91.6 cm³/mol. The standard InChI is InChI=1S/C18H26N4O2/c1-14-7-8-16(24-14)15(21-10-4-5-11-21)13-19-17(23)18(2,3)22-12-6-9-20-22/h6-9,12,15H,4-5,10-11,13H2,1-3H3,(H,19,23)/t15-/m0/s1. The van der Waals surface area contributed by atoms with Gasteiger partial charge in [0.05, 0.1) is 6.04 Å². The second-order valence-electron chi connectivity index (χ2n) is 6.93. The van der Waals surface area contributed by atoms with Crippen LogP contribution in [0.1, 0.15) is 44.3 Å². The second kappa shape index (κ2) is 6.81. The highest BCUT2D eigenvalue weighted by atomic mass is 16.3. The molecule has 2 aromatic rings. The topological polar surface area (TPSA) is 63.3 Å². The maximum absolute atomic E-state index is 12.7. The zero-order valence-electron chi connectivity index (χ0n) is 14.7. The normalized spacial score (nSPS) is 17.1. The lowest BCUT2D eigenvalue weighted by Crippen LogP contribution is -2.47. The molecule has 0 aromatic carbocycles. The van der Waals surface area contributed by atoms with Crippen molar-refractivity contribution in [2.45, 2.75) is 45.2 Å². The van der Waals surface area contributed by atoms with E-state index in [1.54, 1.807) is 10.9 Å². The minimum Gasteiger partial charge on any atom is -0.465 e. The summed E-state index contributed by atoms with van der Waals surface area (Å²) in [7, 11) is 0. The molecule has 6 nitrogen and oxygen atoms in total. The molecule has 1 aliphatic rings. The van der Waals surface area contributed by atoms with Crippen molar-refractivity contribution in [1.82, 2.24) is 20.0 Å². The van der Waals surface area contributed by atoms with E-state index in [1.807, 2.05) is 45.2 Å². The molecule has 0 radical (unpaired) electrons. The molecule has 0 unspecified atom stereocenters. The summed E-state index contributed by atoms with van der Waals surface area (Å²) in [6.07, 6.45) is 5.90. The van der Waals surface area contributed by atoms with Gasteiger partial charge in [-0.15, -0.1) is 0 Å². The minimum atomic E-state index is -0.724. The molecular weight excluding hydrogens is 304 g/mol. The van der Waals surface area contributed by atoms with E-state index < -0.39 is 5.54 Å². The summed E-state index contributed by atoms with van der Waals surface area (Å²) < 4.78 is 7.52. The molecule has 3 rings (SSSR count). The molecule has 1 amide bonds. The number of hydrogen-bond donors (Lipinski definition) is 1. The van der Waals surface area contributed by atoms with Crippen LogP contribution < -0.4 is 5.32 Å². The average Bonchev–Trinajstić information content (AvgIpc) is 3.30. The van der Waals surface area contributed by atoms with Crippen molar-refractivity contribution < 1.29 is 9.21 Å². The van der Waals surface area contributed by atoms with Gasteiger partial charge in [0.25, 0.3) is 0 Å². The van der Waals surface area contributed by atoms with E-state index in [4.69, 9.17) is 4.42 Å². The Kier molecular flexibility index (Phi) is 4.76. The van der Waals surface area contributed by atoms with Crippen LogP contribution in [0.25, 0.3) is 0 Å². The molecule has 24 heavy (non-hydrogen) atoms. The van der Waals surface area contributed by atoms with Crippen LogP contribution in [-0.4, -0.2) is 40.2 Å². The molecule has 1 fully saturated rings. The van der Waals surface area contributed by atoms with Crippen molar-refractivity contribution in [3.63, 3.8) is 0 Å². The Bertz CT molecular complexity index is 669. The third-order valence-corrected chi connectivity index (χ3v) is 4.76. The number of carbonyl (C=O) groups excluding carboxylic acids is 1. The third-order valence-electron chi connectivity index (χ3n) is 4.76. The van der Waals surface area contributed by atoms with Crippen LogP contribution in [0.3, 0.4) is 0 Å². The summed E-state index contributed by atoms with van der Waals surface area (Å²) in [5, 5.41) is 7.30. The number of nitrogens with zero attached hydrogens (tertiary/aromatic N) is 3. The first-order chi connectivity index (χ1) is 11.5. The molecule has 1 aliphatic heterocycles. The molecule has 130 valence electrons. The largest absolute Gasteiger partial charge is 0.465 e. The minimum absolute atomic E-state index is 0.0429. The van der Waals surface area contributed by atoms with Gasteiger partial charge in [0, 0.05) is 18.9 Å². The van der Waals surface area contributed by atoms with E-state index >= 15 is 0 Å². The van der Waals surface area contributed by atoms with Gasteiger partial charge in [-0.2, -0.15) is 5.10 Å². The highest BCUT2D eigenvalue weighted by molar-refractivity contribution is 5.83. The number of amides is 1. The SMILES string of the molecule is Cc1ccc([C@H](CNC(=O)C(C)(C)n2cccn2)N2CCCC2)o1. The number of carbonyl (C=O) groups is 1. The van der Waals surface area contributed by atoms with Crippen LogP contribution in [0.4, 0.5) is 0 Å². The molecule has 6 heteroatoms. The van der Waals surface area contributed by atoms with Crippen LogP contribution >= 0.6 is 0 Å². The number of furan rings is 1. The Morgan fingerprint density at radius 1 is 1.38 bits per heavy atom. The first kappa shape index (κ1) is 16.8. The molecule has 3 heterocycles. The fourth-order valence-electron chi connectivity index (χ4n) is 3.20. The average molecular weight is 330 g/mol. The molecule has 1 N–H and O–H groups in total. The number of likely N-dealkylation sites (tertiary alicyclic amines) is 1. The summed E-state index contributed by atoms with van der Waals surface area (Å²) in [4.78, 5) is 15.1. The highest BCUT2D eigenvalue weighted by Crippen LogP contribution is 2.26. The molecule has 2 aromatic heterocycles. The zero-order chi connectivity index (χ0) is 17.2. The van der Waals surface area contributed by atoms with E-state index in [1.165, 1.54) is 12.8 Å². The highest BCUT2D eigenvalue weighted by Gasteiger charge is 2.32. The Morgan fingerprint density at radius 3 is 2.71 bits per heavy atom. The number of aryl methyl sites for hydroxylation is 1. The molecule has 1 saturated heterocycles. The van der Waals surface area contributed by atoms with Gasteiger partial charge in [-0.25, -0.2) is 0 Å². The monoisotopic (exact) mass is 330 g/mol. The summed E-state index contributed by atoms with van der Waals surface area (Å²) in [5.74, 6) is 1.78. The van der Waals surface area contributed by atoms with Gasteiger partial charge in [-0.05, 0) is 64.9 Å². The van der Waals surface area contributed by atoms with E-state index in [-0.39, 0.29) is 11.9 Å². The first-order valence-electron chi connectivity index (χ1n) is 8.57. The Labute approximate surface area is 142 Å². The van der Waals surface area contributed by atoms with Gasteiger partial charge < -0.3 is 9.73 Å². The Hall–Kier alpha value is -2.08. The summed E-state index contributed by atoms with van der Waals surface area (Å²) >= 11 is 0. The van der Waals surface area contributed by atoms with Crippen molar-refractivity contribution in [3.05, 3.63) is 42.1 Å². The lowest BCUT2D eigenvalue weighted by molar-refractivity contribution is -0.129. The first-order valence-corrected chi connectivity index (χ1v) is 8.57. The van der Waals surface area contributed by atoms with E-state index in [9.17, 15) is 4.79 Å². The quantitative estimate of drug-likeness (QED) is 0.884. The maximum Gasteiger partial charge on any atom is 0.247 e. The summed E-state index contributed by atoms with van der Waals surface area (Å²) in [6.45, 7) is 8.32. The van der Waals surface area contributed by atoms with Gasteiger partial charge in [0.2, 0.25) is 5.91 Å². The van der Waals surface area contributed by atoms with Crippen LogP contribution in [0.15, 0.2) is 35.0 Å². The Balaban J connectivity index is 1.70. The Morgan fingerprint density at radius 2 is 2.12 bits per heavy atom. The number of aromatic nitrogens is 2. The van der Waals surface area contributed by atoms with Crippen LogP contribution in [0.2, 0.25) is 0 Å². The van der Waals surface area contributed by atoms with Crippen molar-refractivity contribution in [2.75, 3.05) is 19.6 Å². The van der Waals surface area contributed by atoms with Crippen LogP contribution in [-0.2, 0) is 10.3 Å². The fourth-order valence-corrected chi connectivity index (χ4v) is 3.20. The molecule has 0 bridgehead atoms. The molecule has 0 aliphatic carbocycles. The van der Waals surface area contributed by atoms with Gasteiger partial charge >= 0.3 is 0 Å².